The number of nitrogens with one attached hydrogen (secondary N) is 2. The van der Waals surface area contributed by atoms with Crippen molar-refractivity contribution < 1.29 is 35.4 Å². The number of aromatic amines is 1. The molecular weight excluding hydrogens is 779 g/mol. The molecule has 1 aromatic heterocycles. The van der Waals surface area contributed by atoms with Gasteiger partial charge < -0.3 is 46.7 Å². The highest BCUT2D eigenvalue weighted by atomic mass is 16.4. The van der Waals surface area contributed by atoms with E-state index in [1.54, 1.807) is 6.07 Å². The molecule has 2 aromatic carbocycles. The number of H-pyrrole nitrogens is 1. The lowest BCUT2D eigenvalue weighted by Gasteiger charge is -2.32. The number of hydrogen-bond acceptors (Lipinski definition) is 8. The number of dihydropyridines is 1. The Morgan fingerprint density at radius 3 is 2.47 bits per heavy atom. The molecule has 62 heavy (non-hydrogen) atoms. The smallest absolute Gasteiger partial charge is 0.309 e. The van der Waals surface area contributed by atoms with Crippen molar-refractivity contribution in [2.24, 2.45) is 35.3 Å². The van der Waals surface area contributed by atoms with Crippen LogP contribution in [0.3, 0.4) is 0 Å². The van der Waals surface area contributed by atoms with Crippen molar-refractivity contribution in [1.82, 2.24) is 10.3 Å². The maximum Gasteiger partial charge on any atom is 0.309 e. The lowest BCUT2D eigenvalue weighted by Crippen LogP contribution is -2.37. The number of aliphatic carboxylic acids is 1. The topological polar surface area (TPSA) is 192 Å². The Morgan fingerprint density at radius 1 is 0.952 bits per heavy atom. The van der Waals surface area contributed by atoms with Crippen molar-refractivity contribution in [3.05, 3.63) is 107 Å². The van der Waals surface area contributed by atoms with Crippen LogP contribution in [0.2, 0.25) is 0 Å². The standard InChI is InChI=1S/C52H73N3O7/c1-3-5-8-13-35-18-19-39(47(58)27-35)16-11-7-12-17-43(51(60)61)46(57)20-22-52(62)33-37(24-36-21-23-54-49(53)28-36)25-40(52)30-41-29-38(4-2)50(55-41)45-31-42(56)32-48(59)44(45)26-34-14-9-6-10-15-34/h6,9-10,14-15,18-19,21,28-29,31-32,35,37,39-40,43,46-47,54-59,62H,3-5,7-8,11-13,16-17,20,22-27,30,33,53H2,1-2H3,(H,60,61)/t35-,37-,39-,40+,43+,46-,47-,52+/m1/s1. The molecule has 6 rings (SSSR count). The van der Waals surface area contributed by atoms with Gasteiger partial charge in [0.1, 0.15) is 11.5 Å². The van der Waals surface area contributed by atoms with Crippen molar-refractivity contribution in [1.29, 1.82) is 0 Å². The number of carbonyl (C=O) groups is 1. The summed E-state index contributed by atoms with van der Waals surface area (Å²) in [7, 11) is 0. The molecule has 2 aliphatic carbocycles. The van der Waals surface area contributed by atoms with Gasteiger partial charge in [0.2, 0.25) is 0 Å². The molecule has 2 heterocycles. The number of aliphatic hydroxyl groups excluding tert-OH is 2. The predicted octanol–water partition coefficient (Wildman–Crippen LogP) is 9.19. The van der Waals surface area contributed by atoms with Crippen molar-refractivity contribution in [3.63, 3.8) is 0 Å². The first-order chi connectivity index (χ1) is 29.8. The summed E-state index contributed by atoms with van der Waals surface area (Å²) in [6, 6.07) is 15.1. The van der Waals surface area contributed by atoms with Gasteiger partial charge in [-0.2, -0.15) is 0 Å². The number of aromatic nitrogens is 1. The molecule has 0 amide bonds. The van der Waals surface area contributed by atoms with Gasteiger partial charge in [-0.05, 0) is 123 Å². The molecular formula is C52H73N3O7. The molecule has 3 aliphatic rings. The summed E-state index contributed by atoms with van der Waals surface area (Å²) in [5.41, 5.74) is 11.4. The van der Waals surface area contributed by atoms with E-state index in [4.69, 9.17) is 5.73 Å². The second-order valence-electron chi connectivity index (χ2n) is 18.8. The summed E-state index contributed by atoms with van der Waals surface area (Å²) < 4.78 is 0. The second-order valence-corrected chi connectivity index (χ2v) is 18.8. The van der Waals surface area contributed by atoms with Gasteiger partial charge in [-0.15, -0.1) is 0 Å². The number of nitrogens with two attached hydrogens (primary N) is 1. The third-order valence-corrected chi connectivity index (χ3v) is 14.1. The van der Waals surface area contributed by atoms with Crippen LogP contribution in [0.1, 0.15) is 133 Å². The van der Waals surface area contributed by atoms with Gasteiger partial charge >= 0.3 is 5.97 Å². The SMILES string of the molecule is CCCCC[C@@H]1C=C[C@@H](CCCCC[C@H](C(=O)O)[C@H](O)CC[C@]2(O)C[C@H](CC3=CCNC(N)=C3)C[C@H]2Cc2cc(CC)c(-c3cc(O)cc(O)c3Cc3ccccc3)[nH]2)[C@H](O)C1. The number of phenols is 2. The number of allylic oxidation sites excluding steroid dienone is 3. The Labute approximate surface area is 369 Å². The fourth-order valence-electron chi connectivity index (χ4n) is 10.6. The maximum atomic E-state index is 12.6. The number of phenolic OH excluding ortho intramolecular Hbond substituents is 2. The average Bonchev–Trinajstić information content (AvgIpc) is 3.79. The van der Waals surface area contributed by atoms with Gasteiger partial charge in [-0.25, -0.2) is 0 Å². The molecule has 1 saturated carbocycles. The summed E-state index contributed by atoms with van der Waals surface area (Å²) in [6.45, 7) is 4.94. The molecule has 338 valence electrons. The summed E-state index contributed by atoms with van der Waals surface area (Å²) in [5.74, 6) is -0.711. The van der Waals surface area contributed by atoms with E-state index < -0.39 is 23.6 Å². The van der Waals surface area contributed by atoms with Crippen molar-refractivity contribution in [2.45, 2.75) is 147 Å². The van der Waals surface area contributed by atoms with Gasteiger partial charge in [0.05, 0.1) is 29.5 Å². The Balaban J connectivity index is 1.12. The Hall–Kier alpha value is -4.51. The van der Waals surface area contributed by atoms with Gasteiger partial charge in [0.15, 0.2) is 0 Å². The summed E-state index contributed by atoms with van der Waals surface area (Å²) in [5, 5.41) is 69.9. The number of unbranched alkanes of at least 4 members (excludes halogenated alkanes) is 4. The van der Waals surface area contributed by atoms with Crippen molar-refractivity contribution in [2.75, 3.05) is 6.54 Å². The van der Waals surface area contributed by atoms with Crippen LogP contribution in [0.15, 0.2) is 84.2 Å². The third-order valence-electron chi connectivity index (χ3n) is 14.1. The molecule has 1 aliphatic heterocycles. The van der Waals surface area contributed by atoms with Crippen LogP contribution >= 0.6 is 0 Å². The van der Waals surface area contributed by atoms with Crippen LogP contribution < -0.4 is 11.1 Å². The lowest BCUT2D eigenvalue weighted by atomic mass is 9.80. The van der Waals surface area contributed by atoms with E-state index in [1.807, 2.05) is 36.4 Å². The average molecular weight is 852 g/mol. The second kappa shape index (κ2) is 22.2. The van der Waals surface area contributed by atoms with Gasteiger partial charge in [-0.3, -0.25) is 4.79 Å². The van der Waals surface area contributed by atoms with Crippen LogP contribution in [0.5, 0.6) is 11.5 Å². The predicted molar refractivity (Wildman–Crippen MR) is 246 cm³/mol. The summed E-state index contributed by atoms with van der Waals surface area (Å²) >= 11 is 0. The zero-order valence-electron chi connectivity index (χ0n) is 37.1. The Kier molecular flexibility index (Phi) is 16.8. The molecule has 0 radical (unpaired) electrons. The van der Waals surface area contributed by atoms with E-state index >= 15 is 0 Å². The van der Waals surface area contributed by atoms with Gasteiger partial charge in [0, 0.05) is 47.5 Å². The van der Waals surface area contributed by atoms with Crippen LogP contribution in [0.4, 0.5) is 0 Å². The molecule has 10 heteroatoms. The summed E-state index contributed by atoms with van der Waals surface area (Å²) in [6.07, 6.45) is 20.6. The summed E-state index contributed by atoms with van der Waals surface area (Å²) in [4.78, 5) is 16.2. The van der Waals surface area contributed by atoms with Crippen LogP contribution in [0.25, 0.3) is 11.3 Å². The number of aryl methyl sites for hydroxylation is 1. The molecule has 3 aromatic rings. The van der Waals surface area contributed by atoms with E-state index in [0.29, 0.717) is 62.4 Å². The lowest BCUT2D eigenvalue weighted by molar-refractivity contribution is -0.146. The molecule has 0 bridgehead atoms. The minimum absolute atomic E-state index is 0.0246. The molecule has 0 spiro atoms. The van der Waals surface area contributed by atoms with E-state index in [9.17, 15) is 35.4 Å². The fraction of sp³-hybridized carbons (Fsp3) is 0.558. The highest BCUT2D eigenvalue weighted by Gasteiger charge is 2.46. The van der Waals surface area contributed by atoms with E-state index in [1.165, 1.54) is 25.3 Å². The maximum absolute atomic E-state index is 12.6. The highest BCUT2D eigenvalue weighted by Crippen LogP contribution is 2.48. The van der Waals surface area contributed by atoms with Crippen LogP contribution in [-0.2, 0) is 24.1 Å². The molecule has 10 nitrogen and oxygen atoms in total. The number of hydrogen-bond donors (Lipinski definition) is 9. The number of aromatic hydroxyl groups is 2. The number of aliphatic hydroxyl groups is 3. The molecule has 0 unspecified atom stereocenters. The highest BCUT2D eigenvalue weighted by molar-refractivity contribution is 5.73. The minimum Gasteiger partial charge on any atom is -0.508 e. The first-order valence-electron chi connectivity index (χ1n) is 23.5. The molecule has 10 N–H and O–H groups in total. The van der Waals surface area contributed by atoms with Gasteiger partial charge in [-0.1, -0.05) is 101 Å². The molecule has 0 saturated heterocycles. The van der Waals surface area contributed by atoms with E-state index in [2.05, 4.69) is 48.4 Å². The van der Waals surface area contributed by atoms with Gasteiger partial charge in [0.25, 0.3) is 0 Å². The first kappa shape index (κ1) is 47.0. The number of benzene rings is 2. The molecule has 8 atom stereocenters. The van der Waals surface area contributed by atoms with Crippen LogP contribution in [-0.4, -0.2) is 65.9 Å². The molecule has 1 fully saturated rings. The monoisotopic (exact) mass is 852 g/mol. The third kappa shape index (κ3) is 12.6. The number of carboxylic acid groups (broad SMARTS) is 1. The number of rotatable bonds is 23. The largest absolute Gasteiger partial charge is 0.508 e. The normalized spacial score (nSPS) is 24.6. The van der Waals surface area contributed by atoms with Crippen LogP contribution in [0, 0.1) is 29.6 Å². The van der Waals surface area contributed by atoms with Crippen molar-refractivity contribution >= 4 is 5.97 Å². The fourth-order valence-corrected chi connectivity index (χ4v) is 10.6. The van der Waals surface area contributed by atoms with E-state index in [-0.39, 0.29) is 48.2 Å². The Morgan fingerprint density at radius 2 is 1.74 bits per heavy atom. The zero-order valence-corrected chi connectivity index (χ0v) is 37.1. The first-order valence-corrected chi connectivity index (χ1v) is 23.5. The minimum atomic E-state index is -1.14. The van der Waals surface area contributed by atoms with Crippen molar-refractivity contribution in [3.8, 4) is 22.8 Å². The van der Waals surface area contributed by atoms with E-state index in [0.717, 1.165) is 78.6 Å². The zero-order chi connectivity index (χ0) is 44.2. The Bertz CT molecular complexity index is 2010. The number of carboxylic acids is 1. The quantitative estimate of drug-likeness (QED) is 0.0331.